The van der Waals surface area contributed by atoms with Gasteiger partial charge in [-0.05, 0) is 40.7 Å². The average molecular weight is 351 g/mol. The number of benzene rings is 1. The molecular formula is C15H15BrN2O3. The number of fused-ring (bicyclic) bond motifs is 1. The molecule has 1 aliphatic rings. The highest BCUT2D eigenvalue weighted by atomic mass is 79.9. The smallest absolute Gasteiger partial charge is 0.231 e. The van der Waals surface area contributed by atoms with Gasteiger partial charge in [0.05, 0.1) is 0 Å². The molecule has 0 spiro atoms. The molecule has 6 heteroatoms. The van der Waals surface area contributed by atoms with Crippen molar-refractivity contribution in [3.8, 4) is 23.1 Å². The number of nitrogens with one attached hydrogen (secondary N) is 1. The Balaban J connectivity index is 1.83. The Hall–Kier alpha value is -1.79. The monoisotopic (exact) mass is 350 g/mol. The third kappa shape index (κ3) is 3.28. The molecule has 0 saturated heterocycles. The first-order valence-electron chi connectivity index (χ1n) is 6.69. The number of hydrogen-bond acceptors (Lipinski definition) is 5. The van der Waals surface area contributed by atoms with Crippen molar-refractivity contribution in [2.24, 2.45) is 0 Å². The van der Waals surface area contributed by atoms with Crippen LogP contribution in [-0.4, -0.2) is 18.3 Å². The summed E-state index contributed by atoms with van der Waals surface area (Å²) in [7, 11) is 0. The molecule has 1 aromatic heterocycles. The van der Waals surface area contributed by atoms with Crippen molar-refractivity contribution in [1.29, 1.82) is 0 Å². The van der Waals surface area contributed by atoms with Crippen molar-refractivity contribution < 1.29 is 14.2 Å². The summed E-state index contributed by atoms with van der Waals surface area (Å²) in [5.74, 6) is 2.68. The maximum atomic E-state index is 5.88. The van der Waals surface area contributed by atoms with Crippen LogP contribution in [0.4, 0.5) is 0 Å². The summed E-state index contributed by atoms with van der Waals surface area (Å²) in [6.45, 7) is 3.89. The molecule has 5 nitrogen and oxygen atoms in total. The van der Waals surface area contributed by atoms with Crippen LogP contribution in [0.5, 0.6) is 23.1 Å². The third-order valence-electron chi connectivity index (χ3n) is 3.02. The summed E-state index contributed by atoms with van der Waals surface area (Å²) in [6, 6.07) is 7.48. The van der Waals surface area contributed by atoms with E-state index in [1.165, 1.54) is 0 Å². The molecule has 0 unspecified atom stereocenters. The Morgan fingerprint density at radius 2 is 2.14 bits per heavy atom. The fourth-order valence-corrected chi connectivity index (χ4v) is 2.38. The van der Waals surface area contributed by atoms with Crippen LogP contribution < -0.4 is 19.5 Å². The SMILES string of the molecule is CCNCc1cc(Br)cnc1Oc1ccc2c(c1)OCO2. The number of halogens is 1. The molecule has 0 bridgehead atoms. The average Bonchev–Trinajstić information content (AvgIpc) is 2.95. The van der Waals surface area contributed by atoms with Gasteiger partial charge in [0.25, 0.3) is 0 Å². The molecular weight excluding hydrogens is 336 g/mol. The molecule has 0 radical (unpaired) electrons. The number of ether oxygens (including phenoxy) is 3. The zero-order valence-corrected chi connectivity index (χ0v) is 13.1. The second kappa shape index (κ2) is 6.32. The highest BCUT2D eigenvalue weighted by Crippen LogP contribution is 2.36. The van der Waals surface area contributed by atoms with Crippen molar-refractivity contribution >= 4 is 15.9 Å². The van der Waals surface area contributed by atoms with Crippen molar-refractivity contribution in [2.45, 2.75) is 13.5 Å². The molecule has 0 aliphatic carbocycles. The van der Waals surface area contributed by atoms with E-state index in [0.717, 1.165) is 22.3 Å². The van der Waals surface area contributed by atoms with Crippen molar-refractivity contribution in [2.75, 3.05) is 13.3 Å². The largest absolute Gasteiger partial charge is 0.454 e. The molecule has 0 amide bonds. The Morgan fingerprint density at radius 1 is 1.29 bits per heavy atom. The number of pyridine rings is 1. The topological polar surface area (TPSA) is 52.6 Å². The van der Waals surface area contributed by atoms with Gasteiger partial charge in [0.1, 0.15) is 5.75 Å². The molecule has 110 valence electrons. The summed E-state index contributed by atoms with van der Waals surface area (Å²) in [5, 5.41) is 3.27. The van der Waals surface area contributed by atoms with E-state index in [1.54, 1.807) is 6.20 Å². The van der Waals surface area contributed by atoms with E-state index in [1.807, 2.05) is 24.3 Å². The first kappa shape index (κ1) is 14.2. The van der Waals surface area contributed by atoms with Crippen LogP contribution in [0.15, 0.2) is 34.9 Å². The number of nitrogens with zero attached hydrogens (tertiary/aromatic N) is 1. The lowest BCUT2D eigenvalue weighted by molar-refractivity contribution is 0.174. The van der Waals surface area contributed by atoms with E-state index in [9.17, 15) is 0 Å². The molecule has 2 aromatic rings. The molecule has 1 aromatic carbocycles. The third-order valence-corrected chi connectivity index (χ3v) is 3.45. The minimum absolute atomic E-state index is 0.251. The maximum Gasteiger partial charge on any atom is 0.231 e. The van der Waals surface area contributed by atoms with Gasteiger partial charge in [-0.25, -0.2) is 4.98 Å². The van der Waals surface area contributed by atoms with Crippen LogP contribution in [0.3, 0.4) is 0 Å². The van der Waals surface area contributed by atoms with Crippen molar-refractivity contribution in [3.05, 3.63) is 40.5 Å². The van der Waals surface area contributed by atoms with Gasteiger partial charge in [-0.2, -0.15) is 0 Å². The van der Waals surface area contributed by atoms with Crippen LogP contribution in [0.25, 0.3) is 0 Å². The number of rotatable bonds is 5. The van der Waals surface area contributed by atoms with Gasteiger partial charge in [0.15, 0.2) is 11.5 Å². The Labute approximate surface area is 131 Å². The quantitative estimate of drug-likeness (QED) is 0.894. The Morgan fingerprint density at radius 3 is 3.00 bits per heavy atom. The fourth-order valence-electron chi connectivity index (χ4n) is 2.00. The normalized spacial score (nSPS) is 12.5. The predicted molar refractivity (Wildman–Crippen MR) is 82.0 cm³/mol. The predicted octanol–water partition coefficient (Wildman–Crippen LogP) is 3.47. The summed E-state index contributed by atoms with van der Waals surface area (Å²) >= 11 is 3.43. The standard InChI is InChI=1S/C15H15BrN2O3/c1-2-17-7-10-5-11(16)8-18-15(10)21-12-3-4-13-14(6-12)20-9-19-13/h3-6,8,17H,2,7,9H2,1H3. The molecule has 21 heavy (non-hydrogen) atoms. The molecule has 1 aliphatic heterocycles. The lowest BCUT2D eigenvalue weighted by atomic mass is 10.2. The molecule has 0 saturated carbocycles. The van der Waals surface area contributed by atoms with E-state index in [4.69, 9.17) is 14.2 Å². The number of aromatic nitrogens is 1. The van der Waals surface area contributed by atoms with E-state index in [-0.39, 0.29) is 6.79 Å². The van der Waals surface area contributed by atoms with Gasteiger partial charge in [-0.1, -0.05) is 6.92 Å². The molecule has 0 atom stereocenters. The summed E-state index contributed by atoms with van der Waals surface area (Å²) in [6.07, 6.45) is 1.72. The minimum atomic E-state index is 0.251. The fraction of sp³-hybridized carbons (Fsp3) is 0.267. The van der Waals surface area contributed by atoms with E-state index < -0.39 is 0 Å². The van der Waals surface area contributed by atoms with E-state index in [2.05, 4.69) is 33.2 Å². The molecule has 2 heterocycles. The van der Waals surface area contributed by atoms with E-state index >= 15 is 0 Å². The van der Waals surface area contributed by atoms with Crippen LogP contribution in [0.2, 0.25) is 0 Å². The lowest BCUT2D eigenvalue weighted by Gasteiger charge is -2.11. The van der Waals surface area contributed by atoms with Gasteiger partial charge in [-0.15, -0.1) is 0 Å². The van der Waals surface area contributed by atoms with Crippen LogP contribution in [-0.2, 0) is 6.54 Å². The van der Waals surface area contributed by atoms with Crippen molar-refractivity contribution in [1.82, 2.24) is 10.3 Å². The highest BCUT2D eigenvalue weighted by Gasteiger charge is 2.15. The Kier molecular flexibility index (Phi) is 4.26. The zero-order chi connectivity index (χ0) is 14.7. The van der Waals surface area contributed by atoms with Crippen LogP contribution >= 0.6 is 15.9 Å². The van der Waals surface area contributed by atoms with Gasteiger partial charge in [0.2, 0.25) is 12.7 Å². The van der Waals surface area contributed by atoms with Gasteiger partial charge >= 0.3 is 0 Å². The first-order valence-corrected chi connectivity index (χ1v) is 7.48. The minimum Gasteiger partial charge on any atom is -0.454 e. The highest BCUT2D eigenvalue weighted by molar-refractivity contribution is 9.10. The first-order chi connectivity index (χ1) is 10.3. The summed E-state index contributed by atoms with van der Waals surface area (Å²) in [4.78, 5) is 4.34. The van der Waals surface area contributed by atoms with Crippen molar-refractivity contribution in [3.63, 3.8) is 0 Å². The van der Waals surface area contributed by atoms with E-state index in [0.29, 0.717) is 23.9 Å². The molecule has 1 N–H and O–H groups in total. The maximum absolute atomic E-state index is 5.88. The van der Waals surface area contributed by atoms with Crippen LogP contribution in [0, 0.1) is 0 Å². The second-order valence-electron chi connectivity index (χ2n) is 4.52. The number of hydrogen-bond donors (Lipinski definition) is 1. The van der Waals surface area contributed by atoms with Gasteiger partial charge < -0.3 is 19.5 Å². The zero-order valence-electron chi connectivity index (χ0n) is 11.6. The lowest BCUT2D eigenvalue weighted by Crippen LogP contribution is -2.12. The summed E-state index contributed by atoms with van der Waals surface area (Å²) < 4.78 is 17.4. The Bertz CT molecular complexity index is 649. The van der Waals surface area contributed by atoms with Gasteiger partial charge in [-0.3, -0.25) is 0 Å². The van der Waals surface area contributed by atoms with Gasteiger partial charge in [0, 0.05) is 28.8 Å². The second-order valence-corrected chi connectivity index (χ2v) is 5.43. The summed E-state index contributed by atoms with van der Waals surface area (Å²) in [5.41, 5.74) is 0.990. The molecule has 0 fully saturated rings. The van der Waals surface area contributed by atoms with Crippen LogP contribution in [0.1, 0.15) is 12.5 Å². The molecule has 3 rings (SSSR count).